The quantitative estimate of drug-likeness (QED) is 0.611. The smallest absolute Gasteiger partial charge is 0.0361 e. The Bertz CT molecular complexity index is 193. The molecular formula is C10H17N. The predicted molar refractivity (Wildman–Crippen MR) is 51.4 cm³/mol. The van der Waals surface area contributed by atoms with E-state index in [0.29, 0.717) is 0 Å². The molecule has 11 heavy (non-hydrogen) atoms. The Kier molecular flexibility index (Phi) is 4.35. The van der Waals surface area contributed by atoms with Crippen molar-refractivity contribution in [3.63, 3.8) is 0 Å². The number of hydrogen-bond donors (Lipinski definition) is 1. The van der Waals surface area contributed by atoms with E-state index >= 15 is 0 Å². The van der Waals surface area contributed by atoms with E-state index in [2.05, 4.69) is 31.8 Å². The van der Waals surface area contributed by atoms with Crippen LogP contribution in [0.15, 0.2) is 35.6 Å². The minimum atomic E-state index is 1.06. The average molecular weight is 151 g/mol. The summed E-state index contributed by atoms with van der Waals surface area (Å²) < 4.78 is 0. The summed E-state index contributed by atoms with van der Waals surface area (Å²) in [5, 5.41) is 3.07. The molecule has 0 aliphatic rings. The summed E-state index contributed by atoms with van der Waals surface area (Å²) in [5.41, 5.74) is 3.44. The average Bonchev–Trinajstić information content (AvgIpc) is 1.87. The normalized spacial score (nSPS) is 10.7. The van der Waals surface area contributed by atoms with E-state index in [0.717, 1.165) is 11.3 Å². The number of nitrogens with one attached hydrogen (secondary N) is 1. The second kappa shape index (κ2) is 4.78. The summed E-state index contributed by atoms with van der Waals surface area (Å²) >= 11 is 0. The van der Waals surface area contributed by atoms with Crippen LogP contribution in [0.3, 0.4) is 0 Å². The molecule has 0 aromatic carbocycles. The predicted octanol–water partition coefficient (Wildman–Crippen LogP) is 2.63. The molecule has 0 spiro atoms. The van der Waals surface area contributed by atoms with E-state index in [1.807, 2.05) is 20.0 Å². The minimum Gasteiger partial charge on any atom is -0.388 e. The second-order valence-corrected chi connectivity index (χ2v) is 2.85. The molecule has 0 aromatic heterocycles. The van der Waals surface area contributed by atoms with E-state index < -0.39 is 0 Å². The van der Waals surface area contributed by atoms with Gasteiger partial charge < -0.3 is 5.32 Å². The highest BCUT2D eigenvalue weighted by molar-refractivity contribution is 5.28. The molecule has 1 nitrogen and oxygen atoms in total. The van der Waals surface area contributed by atoms with E-state index in [9.17, 15) is 0 Å². The summed E-state index contributed by atoms with van der Waals surface area (Å²) in [6.07, 6.45) is 4.11. The van der Waals surface area contributed by atoms with Gasteiger partial charge in [0.15, 0.2) is 0 Å². The molecule has 0 bridgehead atoms. The van der Waals surface area contributed by atoms with Crippen LogP contribution >= 0.6 is 0 Å². The van der Waals surface area contributed by atoms with Gasteiger partial charge in [0, 0.05) is 12.7 Å². The van der Waals surface area contributed by atoms with Crippen molar-refractivity contribution >= 4 is 0 Å². The lowest BCUT2D eigenvalue weighted by Gasteiger charge is -2.03. The molecule has 1 heteroatoms. The molecule has 1 N–H and O–H groups in total. The van der Waals surface area contributed by atoms with Crippen molar-refractivity contribution in [2.75, 3.05) is 7.05 Å². The van der Waals surface area contributed by atoms with Crippen molar-refractivity contribution in [3.05, 3.63) is 35.6 Å². The first-order valence-corrected chi connectivity index (χ1v) is 3.76. The van der Waals surface area contributed by atoms with Crippen LogP contribution < -0.4 is 5.32 Å². The van der Waals surface area contributed by atoms with Gasteiger partial charge in [0.05, 0.1) is 0 Å². The third-order valence-corrected chi connectivity index (χ3v) is 1.31. The van der Waals surface area contributed by atoms with Crippen molar-refractivity contribution in [1.82, 2.24) is 5.32 Å². The molecule has 0 radical (unpaired) electrons. The van der Waals surface area contributed by atoms with E-state index in [-0.39, 0.29) is 0 Å². The first kappa shape index (κ1) is 10.0. The van der Waals surface area contributed by atoms with Crippen molar-refractivity contribution < 1.29 is 0 Å². The van der Waals surface area contributed by atoms with Gasteiger partial charge in [-0.1, -0.05) is 18.2 Å². The molecule has 0 fully saturated rings. The number of allylic oxidation sites excluding steroid dienone is 4. The molecule has 0 saturated heterocycles. The highest BCUT2D eigenvalue weighted by Gasteiger charge is 1.89. The van der Waals surface area contributed by atoms with Crippen LogP contribution in [-0.2, 0) is 0 Å². The third-order valence-electron chi connectivity index (χ3n) is 1.31. The van der Waals surface area contributed by atoms with E-state index in [4.69, 9.17) is 0 Å². The monoisotopic (exact) mass is 151 g/mol. The molecule has 62 valence electrons. The van der Waals surface area contributed by atoms with Crippen LogP contribution in [0, 0.1) is 0 Å². The van der Waals surface area contributed by atoms with Crippen LogP contribution in [0.5, 0.6) is 0 Å². The Morgan fingerprint density at radius 2 is 1.73 bits per heavy atom. The van der Waals surface area contributed by atoms with Crippen LogP contribution in [-0.4, -0.2) is 7.05 Å². The zero-order chi connectivity index (χ0) is 8.85. The highest BCUT2D eigenvalue weighted by Crippen LogP contribution is 2.02. The number of rotatable bonds is 3. The van der Waals surface area contributed by atoms with Crippen LogP contribution in [0.2, 0.25) is 0 Å². The van der Waals surface area contributed by atoms with Gasteiger partial charge in [-0.25, -0.2) is 0 Å². The Balaban J connectivity index is 4.37. The van der Waals surface area contributed by atoms with E-state index in [1.165, 1.54) is 5.57 Å². The van der Waals surface area contributed by atoms with Crippen molar-refractivity contribution in [2.45, 2.75) is 20.8 Å². The maximum Gasteiger partial charge on any atom is 0.0361 e. The maximum absolute atomic E-state index is 3.84. The minimum absolute atomic E-state index is 1.06. The Morgan fingerprint density at radius 1 is 1.18 bits per heavy atom. The van der Waals surface area contributed by atoms with Gasteiger partial charge in [0.1, 0.15) is 0 Å². The van der Waals surface area contributed by atoms with Crippen LogP contribution in [0.4, 0.5) is 0 Å². The van der Waals surface area contributed by atoms with Gasteiger partial charge >= 0.3 is 0 Å². The molecule has 0 atom stereocenters. The highest BCUT2D eigenvalue weighted by atomic mass is 14.8. The number of likely N-dealkylation sites (N-methyl/N-ethyl adjacent to an activating group) is 1. The van der Waals surface area contributed by atoms with Crippen LogP contribution in [0.1, 0.15) is 20.8 Å². The first-order chi connectivity index (χ1) is 5.07. The van der Waals surface area contributed by atoms with Gasteiger partial charge in [-0.2, -0.15) is 0 Å². The fourth-order valence-electron chi connectivity index (χ4n) is 0.689. The number of hydrogen-bond acceptors (Lipinski definition) is 1. The molecule has 0 saturated carbocycles. The van der Waals surface area contributed by atoms with Gasteiger partial charge in [0.25, 0.3) is 0 Å². The van der Waals surface area contributed by atoms with Crippen molar-refractivity contribution in [3.8, 4) is 0 Å². The Morgan fingerprint density at radius 3 is 2.00 bits per heavy atom. The lowest BCUT2D eigenvalue weighted by molar-refractivity contribution is 1.00. The van der Waals surface area contributed by atoms with Gasteiger partial charge in [0.2, 0.25) is 0 Å². The lowest BCUT2D eigenvalue weighted by atomic mass is 10.2. The third kappa shape index (κ3) is 4.43. The molecule has 0 amide bonds. The van der Waals surface area contributed by atoms with Gasteiger partial charge in [-0.3, -0.25) is 0 Å². The summed E-state index contributed by atoms with van der Waals surface area (Å²) in [7, 11) is 1.90. The van der Waals surface area contributed by atoms with Crippen molar-refractivity contribution in [2.24, 2.45) is 0 Å². The van der Waals surface area contributed by atoms with Crippen LogP contribution in [0.25, 0.3) is 0 Å². The maximum atomic E-state index is 3.84. The fraction of sp³-hybridized carbons (Fsp3) is 0.400. The Labute approximate surface area is 69.5 Å². The molecule has 0 aliphatic carbocycles. The second-order valence-electron chi connectivity index (χ2n) is 2.85. The molecular weight excluding hydrogens is 134 g/mol. The fourth-order valence-corrected chi connectivity index (χ4v) is 0.689. The zero-order valence-corrected chi connectivity index (χ0v) is 7.86. The lowest BCUT2D eigenvalue weighted by Crippen LogP contribution is -2.05. The summed E-state index contributed by atoms with van der Waals surface area (Å²) in [4.78, 5) is 0. The Hall–Kier alpha value is -0.980. The van der Waals surface area contributed by atoms with E-state index in [1.54, 1.807) is 0 Å². The van der Waals surface area contributed by atoms with Gasteiger partial charge in [-0.05, 0) is 32.4 Å². The molecule has 0 aromatic rings. The molecule has 0 heterocycles. The van der Waals surface area contributed by atoms with Gasteiger partial charge in [-0.15, -0.1) is 0 Å². The topological polar surface area (TPSA) is 12.0 Å². The summed E-state index contributed by atoms with van der Waals surface area (Å²) in [5.74, 6) is 0. The first-order valence-electron chi connectivity index (χ1n) is 3.76. The zero-order valence-electron chi connectivity index (χ0n) is 7.86. The summed E-state index contributed by atoms with van der Waals surface area (Å²) in [6, 6.07) is 0. The largest absolute Gasteiger partial charge is 0.388 e. The summed E-state index contributed by atoms with van der Waals surface area (Å²) in [6.45, 7) is 9.97. The molecule has 0 rings (SSSR count). The molecule has 0 aliphatic heterocycles. The molecule has 0 unspecified atom stereocenters. The standard InChI is InChI=1S/C10H17N/c1-8(2)6-7-10(11-5)9(3)4/h6-7,11H,3H2,1-2,4-5H3/b10-7+. The van der Waals surface area contributed by atoms with Crippen molar-refractivity contribution in [1.29, 1.82) is 0 Å². The SMILES string of the molecule is C=C(C)/C(=C\C=C(C)C)NC.